The van der Waals surface area contributed by atoms with E-state index in [2.05, 4.69) is 30.7 Å². The molecule has 1 heterocycles. The Morgan fingerprint density at radius 3 is 2.33 bits per heavy atom. The Balaban J connectivity index is 2.44. The van der Waals surface area contributed by atoms with Gasteiger partial charge < -0.3 is 0 Å². The molecular weight excluding hydrogens is 187 g/mol. The van der Waals surface area contributed by atoms with Gasteiger partial charge in [0.05, 0.1) is 0 Å². The van der Waals surface area contributed by atoms with Crippen LogP contribution in [0.4, 0.5) is 0 Å². The van der Waals surface area contributed by atoms with Gasteiger partial charge in [-0.2, -0.15) is 0 Å². The Bertz CT molecular complexity index is 233. The quantitative estimate of drug-likeness (QED) is 0.542. The maximum atomic E-state index is 4.14. The summed E-state index contributed by atoms with van der Waals surface area (Å²) in [6, 6.07) is 1.84. The molecular formula is C8H13N2PS. The second kappa shape index (κ2) is 4.20. The smallest absolute Gasteiger partial charge is 0.191 e. The molecule has 0 radical (unpaired) electrons. The second-order valence-electron chi connectivity index (χ2n) is 3.49. The standard InChI is InChI=1S/C8H13N2PS/c1-8(2,3)11-12-7-9-5-4-6-10-7/h4-6,11H,1-3H3. The number of hydrogen-bond donors (Lipinski definition) is 0. The SMILES string of the molecule is CC(C)(C)PSc1ncccn1. The molecule has 0 bridgehead atoms. The molecule has 2 nitrogen and oxygen atoms in total. The molecule has 1 rings (SSSR count). The molecule has 0 amide bonds. The van der Waals surface area contributed by atoms with Gasteiger partial charge in [-0.1, -0.05) is 32.2 Å². The van der Waals surface area contributed by atoms with Crippen LogP contribution in [0.5, 0.6) is 0 Å². The summed E-state index contributed by atoms with van der Waals surface area (Å²) in [5, 5.41) is 1.25. The maximum absolute atomic E-state index is 4.14. The van der Waals surface area contributed by atoms with Gasteiger partial charge >= 0.3 is 0 Å². The predicted octanol–water partition coefficient (Wildman–Crippen LogP) is 2.96. The van der Waals surface area contributed by atoms with E-state index in [0.29, 0.717) is 5.16 Å². The van der Waals surface area contributed by atoms with Crippen LogP contribution in [0.15, 0.2) is 23.6 Å². The lowest BCUT2D eigenvalue weighted by Gasteiger charge is -2.15. The van der Waals surface area contributed by atoms with Gasteiger partial charge in [-0.15, -0.1) is 0 Å². The van der Waals surface area contributed by atoms with Crippen molar-refractivity contribution in [2.45, 2.75) is 31.1 Å². The minimum Gasteiger partial charge on any atom is -0.231 e. The second-order valence-corrected chi connectivity index (χ2v) is 6.98. The summed E-state index contributed by atoms with van der Waals surface area (Å²) in [5.74, 6) is 0. The van der Waals surface area contributed by atoms with E-state index in [-0.39, 0.29) is 0 Å². The summed E-state index contributed by atoms with van der Waals surface area (Å²) < 4.78 is 0. The fourth-order valence-electron chi connectivity index (χ4n) is 0.537. The van der Waals surface area contributed by atoms with Crippen LogP contribution in [0, 0.1) is 0 Å². The van der Waals surface area contributed by atoms with Crippen LogP contribution >= 0.6 is 19.2 Å². The van der Waals surface area contributed by atoms with Crippen LogP contribution in [0.1, 0.15) is 20.8 Å². The Morgan fingerprint density at radius 1 is 1.25 bits per heavy atom. The minimum atomic E-state index is 0.365. The van der Waals surface area contributed by atoms with Crippen molar-refractivity contribution in [1.82, 2.24) is 9.97 Å². The van der Waals surface area contributed by atoms with Crippen molar-refractivity contribution in [2.24, 2.45) is 0 Å². The molecule has 0 aliphatic heterocycles. The van der Waals surface area contributed by atoms with Gasteiger partial charge in [0.15, 0.2) is 5.16 Å². The zero-order valence-electron chi connectivity index (χ0n) is 7.53. The summed E-state index contributed by atoms with van der Waals surface area (Å²) in [5.41, 5.74) is 0. The molecule has 1 atom stereocenters. The summed E-state index contributed by atoms with van der Waals surface area (Å²) in [7, 11) is 0.811. The first-order chi connectivity index (χ1) is 5.58. The maximum Gasteiger partial charge on any atom is 0.191 e. The largest absolute Gasteiger partial charge is 0.231 e. The van der Waals surface area contributed by atoms with Crippen molar-refractivity contribution in [2.75, 3.05) is 0 Å². The van der Waals surface area contributed by atoms with Crippen molar-refractivity contribution < 1.29 is 0 Å². The molecule has 66 valence electrons. The summed E-state index contributed by atoms with van der Waals surface area (Å²) in [6.07, 6.45) is 3.56. The first-order valence-corrected chi connectivity index (χ1v) is 6.33. The molecule has 4 heteroatoms. The van der Waals surface area contributed by atoms with E-state index in [1.807, 2.05) is 6.07 Å². The summed E-state index contributed by atoms with van der Waals surface area (Å²) in [6.45, 7) is 6.67. The lowest BCUT2D eigenvalue weighted by atomic mass is 10.3. The highest BCUT2D eigenvalue weighted by Gasteiger charge is 2.10. The summed E-state index contributed by atoms with van der Waals surface area (Å²) >= 11 is 1.73. The fraction of sp³-hybridized carbons (Fsp3) is 0.500. The topological polar surface area (TPSA) is 25.8 Å². The monoisotopic (exact) mass is 200 g/mol. The van der Waals surface area contributed by atoms with E-state index < -0.39 is 0 Å². The zero-order chi connectivity index (χ0) is 9.03. The van der Waals surface area contributed by atoms with Crippen LogP contribution in [-0.2, 0) is 0 Å². The van der Waals surface area contributed by atoms with Gasteiger partial charge in [0, 0.05) is 12.4 Å². The molecule has 0 aliphatic carbocycles. The molecule has 12 heavy (non-hydrogen) atoms. The average Bonchev–Trinajstić information content (AvgIpc) is 2.02. The normalized spacial score (nSPS) is 12.6. The molecule has 0 fully saturated rings. The third kappa shape index (κ3) is 4.03. The average molecular weight is 200 g/mol. The number of hydrogen-bond acceptors (Lipinski definition) is 3. The van der Waals surface area contributed by atoms with E-state index >= 15 is 0 Å². The van der Waals surface area contributed by atoms with Crippen molar-refractivity contribution >= 4 is 19.2 Å². The highest BCUT2D eigenvalue weighted by atomic mass is 32.7. The molecule has 1 aromatic heterocycles. The number of rotatable bonds is 2. The zero-order valence-corrected chi connectivity index (χ0v) is 9.35. The van der Waals surface area contributed by atoms with E-state index in [1.165, 1.54) is 0 Å². The van der Waals surface area contributed by atoms with Crippen molar-refractivity contribution in [3.05, 3.63) is 18.5 Å². The van der Waals surface area contributed by atoms with E-state index in [1.54, 1.807) is 23.8 Å². The van der Waals surface area contributed by atoms with Gasteiger partial charge in [-0.25, -0.2) is 9.97 Å². The van der Waals surface area contributed by atoms with Gasteiger partial charge in [0.2, 0.25) is 0 Å². The van der Waals surface area contributed by atoms with Crippen molar-refractivity contribution in [1.29, 1.82) is 0 Å². The van der Waals surface area contributed by atoms with Crippen molar-refractivity contribution in [3.63, 3.8) is 0 Å². The molecule has 0 saturated heterocycles. The van der Waals surface area contributed by atoms with Gasteiger partial charge in [0.25, 0.3) is 0 Å². The molecule has 1 aromatic rings. The first-order valence-electron chi connectivity index (χ1n) is 3.79. The van der Waals surface area contributed by atoms with Gasteiger partial charge in [-0.3, -0.25) is 0 Å². The molecule has 0 N–H and O–H groups in total. The van der Waals surface area contributed by atoms with Crippen LogP contribution in [-0.4, -0.2) is 15.1 Å². The Hall–Kier alpha value is -0.140. The molecule has 0 aromatic carbocycles. The third-order valence-electron chi connectivity index (χ3n) is 0.991. The predicted molar refractivity (Wildman–Crippen MR) is 56.0 cm³/mol. The van der Waals surface area contributed by atoms with Crippen LogP contribution in [0.3, 0.4) is 0 Å². The van der Waals surface area contributed by atoms with E-state index in [0.717, 1.165) is 12.9 Å². The Labute approximate surface area is 79.1 Å². The van der Waals surface area contributed by atoms with Gasteiger partial charge in [0.1, 0.15) is 0 Å². The van der Waals surface area contributed by atoms with Gasteiger partial charge in [-0.05, 0) is 19.0 Å². The molecule has 0 aliphatic rings. The Kier molecular flexibility index (Phi) is 3.48. The van der Waals surface area contributed by atoms with Crippen molar-refractivity contribution in [3.8, 4) is 0 Å². The summed E-state index contributed by atoms with van der Waals surface area (Å²) in [4.78, 5) is 8.28. The van der Waals surface area contributed by atoms with Crippen LogP contribution < -0.4 is 0 Å². The number of nitrogens with zero attached hydrogens (tertiary/aromatic N) is 2. The molecule has 0 saturated carbocycles. The highest BCUT2D eigenvalue weighted by molar-refractivity contribution is 8.49. The van der Waals surface area contributed by atoms with Crippen LogP contribution in [0.25, 0.3) is 0 Å². The Morgan fingerprint density at radius 2 is 1.83 bits per heavy atom. The molecule has 1 unspecified atom stereocenters. The minimum absolute atomic E-state index is 0.365. The lowest BCUT2D eigenvalue weighted by molar-refractivity contribution is 0.802. The highest BCUT2D eigenvalue weighted by Crippen LogP contribution is 2.45. The van der Waals surface area contributed by atoms with E-state index in [9.17, 15) is 0 Å². The van der Waals surface area contributed by atoms with E-state index in [4.69, 9.17) is 0 Å². The fourth-order valence-corrected chi connectivity index (χ4v) is 2.67. The first kappa shape index (κ1) is 9.94. The third-order valence-corrected chi connectivity index (χ3v) is 4.79. The lowest BCUT2D eigenvalue weighted by Crippen LogP contribution is -2.02. The number of aromatic nitrogens is 2. The molecule has 0 spiro atoms. The van der Waals surface area contributed by atoms with Crippen LogP contribution in [0.2, 0.25) is 0 Å².